The summed E-state index contributed by atoms with van der Waals surface area (Å²) in [4.78, 5) is 20.6. The number of aromatic amines is 1. The average Bonchev–Trinajstić information content (AvgIpc) is 3.24. The van der Waals surface area contributed by atoms with Gasteiger partial charge in [0.15, 0.2) is 11.5 Å². The molecular formula is C24H22N4O3. The Balaban J connectivity index is 1.60. The first-order chi connectivity index (χ1) is 15.2. The van der Waals surface area contributed by atoms with Gasteiger partial charge in [-0.2, -0.15) is 5.10 Å². The number of imidazole rings is 1. The van der Waals surface area contributed by atoms with Crippen LogP contribution in [0.4, 0.5) is 0 Å². The number of methoxy groups -OCH3 is 2. The summed E-state index contributed by atoms with van der Waals surface area (Å²) in [6.07, 6.45) is 0.435. The zero-order chi connectivity index (χ0) is 21.6. The fourth-order valence-corrected chi connectivity index (χ4v) is 3.24. The second-order valence-corrected chi connectivity index (χ2v) is 6.81. The van der Waals surface area contributed by atoms with E-state index in [4.69, 9.17) is 9.47 Å². The number of ether oxygens (including phenoxy) is 2. The lowest BCUT2D eigenvalue weighted by atomic mass is 10.1. The van der Waals surface area contributed by atoms with E-state index in [9.17, 15) is 4.79 Å². The van der Waals surface area contributed by atoms with Gasteiger partial charge in [-0.05, 0) is 35.9 Å². The number of H-pyrrole nitrogens is 1. The van der Waals surface area contributed by atoms with Gasteiger partial charge in [-0.1, -0.05) is 42.5 Å². The van der Waals surface area contributed by atoms with E-state index in [0.29, 0.717) is 29.2 Å². The Morgan fingerprint density at radius 1 is 0.935 bits per heavy atom. The van der Waals surface area contributed by atoms with Gasteiger partial charge in [0.25, 0.3) is 5.91 Å². The van der Waals surface area contributed by atoms with Gasteiger partial charge < -0.3 is 14.5 Å². The molecular weight excluding hydrogens is 392 g/mol. The first-order valence-corrected chi connectivity index (χ1v) is 9.76. The lowest BCUT2D eigenvalue weighted by molar-refractivity contribution is 0.0954. The smallest absolute Gasteiger partial charge is 0.271 e. The van der Waals surface area contributed by atoms with E-state index in [1.54, 1.807) is 25.3 Å². The lowest BCUT2D eigenvalue weighted by Gasteiger charge is -2.09. The van der Waals surface area contributed by atoms with Gasteiger partial charge in [-0.25, -0.2) is 10.4 Å². The molecule has 0 unspecified atom stereocenters. The highest BCUT2D eigenvalue weighted by Gasteiger charge is 2.13. The summed E-state index contributed by atoms with van der Waals surface area (Å²) in [6, 6.07) is 22.5. The SMILES string of the molecule is COc1ccc(C(=O)N/N=C(/Cc2nc3ccccc3[nH]2)c2ccccc2)cc1OC. The molecule has 0 saturated carbocycles. The van der Waals surface area contributed by atoms with Crippen LogP contribution in [0.15, 0.2) is 77.9 Å². The molecule has 0 aliphatic carbocycles. The fourth-order valence-electron chi connectivity index (χ4n) is 3.24. The van der Waals surface area contributed by atoms with Crippen molar-refractivity contribution in [3.63, 3.8) is 0 Å². The molecule has 0 aliphatic heterocycles. The zero-order valence-electron chi connectivity index (χ0n) is 17.3. The molecule has 4 aromatic rings. The second-order valence-electron chi connectivity index (χ2n) is 6.81. The molecule has 0 bridgehead atoms. The summed E-state index contributed by atoms with van der Waals surface area (Å²) < 4.78 is 10.5. The van der Waals surface area contributed by atoms with Gasteiger partial charge in [0, 0.05) is 5.56 Å². The van der Waals surface area contributed by atoms with E-state index < -0.39 is 0 Å². The molecule has 0 radical (unpaired) electrons. The minimum Gasteiger partial charge on any atom is -0.493 e. The Bertz CT molecular complexity index is 1200. The maximum atomic E-state index is 12.7. The molecule has 1 aromatic heterocycles. The van der Waals surface area contributed by atoms with E-state index in [1.807, 2.05) is 54.6 Å². The van der Waals surface area contributed by atoms with Gasteiger partial charge in [0.1, 0.15) is 5.82 Å². The Hall–Kier alpha value is -4.13. The maximum Gasteiger partial charge on any atom is 0.271 e. The topological polar surface area (TPSA) is 88.6 Å². The van der Waals surface area contributed by atoms with Gasteiger partial charge >= 0.3 is 0 Å². The number of fused-ring (bicyclic) bond motifs is 1. The van der Waals surface area contributed by atoms with Crippen LogP contribution in [0.25, 0.3) is 11.0 Å². The number of benzene rings is 3. The van der Waals surface area contributed by atoms with Crippen molar-refractivity contribution in [3.05, 3.63) is 89.7 Å². The fraction of sp³-hybridized carbons (Fsp3) is 0.125. The first kappa shape index (κ1) is 20.2. The Morgan fingerprint density at radius 3 is 2.42 bits per heavy atom. The van der Waals surface area contributed by atoms with Crippen molar-refractivity contribution in [2.75, 3.05) is 14.2 Å². The Kier molecular flexibility index (Phi) is 5.93. The molecule has 156 valence electrons. The summed E-state index contributed by atoms with van der Waals surface area (Å²) in [5, 5.41) is 4.42. The van der Waals surface area contributed by atoms with Crippen LogP contribution in [0.2, 0.25) is 0 Å². The van der Waals surface area contributed by atoms with E-state index in [1.165, 1.54) is 7.11 Å². The molecule has 4 rings (SSSR count). The number of para-hydroxylation sites is 2. The summed E-state index contributed by atoms with van der Waals surface area (Å²) >= 11 is 0. The van der Waals surface area contributed by atoms with Crippen LogP contribution in [0.1, 0.15) is 21.7 Å². The average molecular weight is 414 g/mol. The molecule has 0 fully saturated rings. The number of rotatable bonds is 7. The highest BCUT2D eigenvalue weighted by Crippen LogP contribution is 2.27. The second kappa shape index (κ2) is 9.13. The van der Waals surface area contributed by atoms with Gasteiger partial charge in [0.05, 0.1) is 37.4 Å². The standard InChI is InChI=1S/C24H22N4O3/c1-30-21-13-12-17(14-22(21)31-2)24(29)28-27-20(16-8-4-3-5-9-16)15-23-25-18-10-6-7-11-19(18)26-23/h3-14H,15H2,1-2H3,(H,25,26)(H,28,29)/b27-20-. The number of aromatic nitrogens is 2. The van der Waals surface area contributed by atoms with Crippen molar-refractivity contribution in [1.82, 2.24) is 15.4 Å². The third kappa shape index (κ3) is 4.56. The molecule has 1 heterocycles. The van der Waals surface area contributed by atoms with E-state index in [-0.39, 0.29) is 5.91 Å². The summed E-state index contributed by atoms with van der Waals surface area (Å²) in [6.45, 7) is 0. The zero-order valence-corrected chi connectivity index (χ0v) is 17.3. The monoisotopic (exact) mass is 414 g/mol. The third-order valence-corrected chi connectivity index (χ3v) is 4.82. The Morgan fingerprint density at radius 2 is 1.68 bits per heavy atom. The number of hydrazone groups is 1. The van der Waals surface area contributed by atoms with Gasteiger partial charge in [-0.3, -0.25) is 4.79 Å². The number of hydrogen-bond donors (Lipinski definition) is 2. The van der Waals surface area contributed by atoms with Crippen molar-refractivity contribution in [2.45, 2.75) is 6.42 Å². The summed E-state index contributed by atoms with van der Waals surface area (Å²) in [5.74, 6) is 1.45. The number of carbonyl (C=O) groups is 1. The molecule has 7 nitrogen and oxygen atoms in total. The molecule has 0 saturated heterocycles. The normalized spacial score (nSPS) is 11.4. The minimum absolute atomic E-state index is 0.348. The molecule has 0 atom stereocenters. The predicted octanol–water partition coefficient (Wildman–Crippen LogP) is 3.96. The quantitative estimate of drug-likeness (QED) is 0.354. The number of nitrogens with zero attached hydrogens (tertiary/aromatic N) is 2. The third-order valence-electron chi connectivity index (χ3n) is 4.82. The Labute approximate surface area is 179 Å². The van der Waals surface area contributed by atoms with Crippen molar-refractivity contribution in [2.24, 2.45) is 5.10 Å². The lowest BCUT2D eigenvalue weighted by Crippen LogP contribution is -2.21. The van der Waals surface area contributed by atoms with E-state index in [2.05, 4.69) is 20.5 Å². The van der Waals surface area contributed by atoms with E-state index in [0.717, 1.165) is 22.4 Å². The van der Waals surface area contributed by atoms with Gasteiger partial charge in [0.2, 0.25) is 0 Å². The number of hydrogen-bond acceptors (Lipinski definition) is 5. The number of carbonyl (C=O) groups excluding carboxylic acids is 1. The molecule has 0 spiro atoms. The van der Waals surface area contributed by atoms with Crippen molar-refractivity contribution in [3.8, 4) is 11.5 Å². The first-order valence-electron chi connectivity index (χ1n) is 9.76. The van der Waals surface area contributed by atoms with Crippen LogP contribution < -0.4 is 14.9 Å². The van der Waals surface area contributed by atoms with Gasteiger partial charge in [-0.15, -0.1) is 0 Å². The molecule has 2 N–H and O–H groups in total. The molecule has 0 aliphatic rings. The van der Waals surface area contributed by atoms with Crippen LogP contribution in [0.3, 0.4) is 0 Å². The van der Waals surface area contributed by atoms with Crippen molar-refractivity contribution >= 4 is 22.7 Å². The summed E-state index contributed by atoms with van der Waals surface area (Å²) in [5.41, 5.74) is 6.50. The van der Waals surface area contributed by atoms with Crippen LogP contribution in [0.5, 0.6) is 11.5 Å². The number of nitrogens with one attached hydrogen (secondary N) is 2. The summed E-state index contributed by atoms with van der Waals surface area (Å²) in [7, 11) is 3.07. The van der Waals surface area contributed by atoms with Crippen LogP contribution >= 0.6 is 0 Å². The molecule has 3 aromatic carbocycles. The molecule has 7 heteroatoms. The van der Waals surface area contributed by atoms with Crippen LogP contribution in [-0.4, -0.2) is 35.8 Å². The highest BCUT2D eigenvalue weighted by molar-refractivity contribution is 6.03. The minimum atomic E-state index is -0.348. The molecule has 31 heavy (non-hydrogen) atoms. The van der Waals surface area contributed by atoms with Crippen molar-refractivity contribution < 1.29 is 14.3 Å². The van der Waals surface area contributed by atoms with Crippen LogP contribution in [0, 0.1) is 0 Å². The maximum absolute atomic E-state index is 12.7. The largest absolute Gasteiger partial charge is 0.493 e. The van der Waals surface area contributed by atoms with Crippen LogP contribution in [-0.2, 0) is 6.42 Å². The number of amides is 1. The van der Waals surface area contributed by atoms with E-state index >= 15 is 0 Å². The highest BCUT2D eigenvalue weighted by atomic mass is 16.5. The molecule has 1 amide bonds. The van der Waals surface area contributed by atoms with Crippen molar-refractivity contribution in [1.29, 1.82) is 0 Å². The predicted molar refractivity (Wildman–Crippen MR) is 120 cm³/mol.